The molecule has 2 aliphatic heterocycles. The Bertz CT molecular complexity index is 1050. The molecule has 2 aliphatic rings. The van der Waals surface area contributed by atoms with Crippen molar-refractivity contribution >= 4 is 5.82 Å². The molecule has 4 heterocycles. The molecule has 0 amide bonds. The number of piperidine rings is 1. The summed E-state index contributed by atoms with van der Waals surface area (Å²) in [6, 6.07) is 11.6. The molecule has 0 spiro atoms. The first-order chi connectivity index (χ1) is 14.5. The van der Waals surface area contributed by atoms with Gasteiger partial charge in [0.25, 0.3) is 0 Å². The number of ether oxygens (including phenoxy) is 1. The molecule has 6 heteroatoms. The number of anilines is 1. The maximum Gasteiger partial charge on any atom is 0.223 e. The number of aromatic nitrogens is 3. The largest absolute Gasteiger partial charge is 0.472 e. The summed E-state index contributed by atoms with van der Waals surface area (Å²) < 4.78 is 31.9. The van der Waals surface area contributed by atoms with Gasteiger partial charge in [-0.25, -0.2) is 4.68 Å². The zero-order valence-corrected chi connectivity index (χ0v) is 14.9. The Morgan fingerprint density at radius 1 is 1.22 bits per heavy atom. The van der Waals surface area contributed by atoms with Gasteiger partial charge in [0, 0.05) is 35.1 Å². The van der Waals surface area contributed by atoms with Crippen LogP contribution in [0.3, 0.4) is 0 Å². The van der Waals surface area contributed by atoms with Gasteiger partial charge in [0.15, 0.2) is 0 Å². The maximum absolute atomic E-state index is 8.06. The molecule has 0 atom stereocenters. The molecule has 1 saturated heterocycles. The van der Waals surface area contributed by atoms with Crippen molar-refractivity contribution in [1.82, 2.24) is 20.1 Å². The van der Waals surface area contributed by atoms with Crippen molar-refractivity contribution in [1.29, 1.82) is 0 Å². The lowest BCUT2D eigenvalue weighted by atomic mass is 9.98. The van der Waals surface area contributed by atoms with Crippen molar-refractivity contribution in [2.45, 2.75) is 25.5 Å². The van der Waals surface area contributed by atoms with Crippen molar-refractivity contribution in [3.05, 3.63) is 54.4 Å². The summed E-state index contributed by atoms with van der Waals surface area (Å²) in [4.78, 5) is 6.11. The minimum atomic E-state index is -2.26. The molecule has 3 aromatic rings. The fraction of sp³-hybridized carbons (Fsp3) is 0.333. The van der Waals surface area contributed by atoms with E-state index in [-0.39, 0.29) is 6.04 Å². The van der Waals surface area contributed by atoms with Crippen LogP contribution in [0.15, 0.2) is 48.8 Å². The number of benzene rings is 1. The highest BCUT2D eigenvalue weighted by molar-refractivity contribution is 5.75. The molecule has 0 aliphatic carbocycles. The first-order valence-electron chi connectivity index (χ1n) is 10.8. The van der Waals surface area contributed by atoms with Crippen molar-refractivity contribution in [2.75, 3.05) is 25.0 Å². The normalized spacial score (nSPS) is 18.4. The zero-order valence-electron chi connectivity index (χ0n) is 17.9. The summed E-state index contributed by atoms with van der Waals surface area (Å²) in [6.45, 7) is -0.251. The Kier molecular flexibility index (Phi) is 3.31. The molecule has 2 aromatic heterocycles. The van der Waals surface area contributed by atoms with Gasteiger partial charge in [0.2, 0.25) is 5.88 Å². The van der Waals surface area contributed by atoms with Crippen LogP contribution in [0, 0.1) is 0 Å². The number of nitrogens with zero attached hydrogens (tertiary/aromatic N) is 4. The van der Waals surface area contributed by atoms with E-state index in [1.807, 2.05) is 35.1 Å². The van der Waals surface area contributed by atoms with Crippen molar-refractivity contribution < 1.29 is 8.85 Å². The van der Waals surface area contributed by atoms with Crippen molar-refractivity contribution in [2.24, 2.45) is 0 Å². The average molecular weight is 364 g/mol. The van der Waals surface area contributed by atoms with Crippen LogP contribution < -0.4 is 15.0 Å². The molecule has 0 radical (unpaired) electrons. The monoisotopic (exact) mass is 364 g/mol. The SMILES string of the molecule is [2H]C([2H])([2H])N(c1ccc2c(n1)OCc1cc(-n3cccn3)ccc1-2)C1CCNCC1. The van der Waals surface area contributed by atoms with Gasteiger partial charge in [-0.3, -0.25) is 0 Å². The molecule has 5 rings (SSSR count). The van der Waals surface area contributed by atoms with E-state index < -0.39 is 6.98 Å². The van der Waals surface area contributed by atoms with Crippen LogP contribution in [0.5, 0.6) is 5.88 Å². The van der Waals surface area contributed by atoms with Crippen LogP contribution in [-0.4, -0.2) is 40.9 Å². The number of fused-ring (bicyclic) bond motifs is 3. The van der Waals surface area contributed by atoms with E-state index in [4.69, 9.17) is 8.85 Å². The van der Waals surface area contributed by atoms with Crippen LogP contribution in [0.1, 0.15) is 22.5 Å². The maximum atomic E-state index is 8.06. The minimum absolute atomic E-state index is 0.0724. The Morgan fingerprint density at radius 2 is 2.11 bits per heavy atom. The minimum Gasteiger partial charge on any atom is -0.472 e. The number of hydrogen-bond acceptors (Lipinski definition) is 5. The second-order valence-corrected chi connectivity index (χ2v) is 6.95. The standard InChI is InChI=1S/C21H23N5O/c1-25(16-7-10-22-11-8-16)20-6-5-19-18-4-3-17(26-12-2-9-23-26)13-15(18)14-27-21(19)24-20/h2-6,9,12-13,16,22H,7-8,10-11,14H2,1H3/i1D3. The van der Waals surface area contributed by atoms with Gasteiger partial charge in [0.1, 0.15) is 12.4 Å². The van der Waals surface area contributed by atoms with E-state index in [1.54, 1.807) is 12.3 Å². The lowest BCUT2D eigenvalue weighted by molar-refractivity contribution is 0.290. The van der Waals surface area contributed by atoms with E-state index in [9.17, 15) is 0 Å². The zero-order chi connectivity index (χ0) is 20.7. The third kappa shape index (κ3) is 2.96. The average Bonchev–Trinajstić information content (AvgIpc) is 3.28. The highest BCUT2D eigenvalue weighted by Gasteiger charge is 2.23. The fourth-order valence-corrected chi connectivity index (χ4v) is 3.80. The number of hydrogen-bond donors (Lipinski definition) is 1. The van der Waals surface area contributed by atoms with Gasteiger partial charge in [-0.05, 0) is 67.4 Å². The van der Waals surface area contributed by atoms with Gasteiger partial charge >= 0.3 is 0 Å². The lowest BCUT2D eigenvalue weighted by Crippen LogP contribution is -2.41. The highest BCUT2D eigenvalue weighted by Crippen LogP contribution is 2.38. The summed E-state index contributed by atoms with van der Waals surface area (Å²) in [5.41, 5.74) is 3.95. The molecule has 0 unspecified atom stereocenters. The van der Waals surface area contributed by atoms with Gasteiger partial charge in [-0.2, -0.15) is 10.1 Å². The van der Waals surface area contributed by atoms with Gasteiger partial charge in [-0.1, -0.05) is 6.07 Å². The molecule has 0 bridgehead atoms. The number of nitrogens with one attached hydrogen (secondary N) is 1. The Hall–Kier alpha value is -2.86. The summed E-state index contributed by atoms with van der Waals surface area (Å²) in [5, 5.41) is 7.56. The molecule has 0 saturated carbocycles. The summed E-state index contributed by atoms with van der Waals surface area (Å²) in [5.74, 6) is 0.923. The quantitative estimate of drug-likeness (QED) is 0.774. The fourth-order valence-electron chi connectivity index (χ4n) is 3.80. The van der Waals surface area contributed by atoms with Gasteiger partial charge in [0.05, 0.1) is 5.69 Å². The van der Waals surface area contributed by atoms with Gasteiger partial charge < -0.3 is 15.0 Å². The van der Waals surface area contributed by atoms with E-state index in [2.05, 4.69) is 21.5 Å². The second kappa shape index (κ2) is 6.70. The van der Waals surface area contributed by atoms with Crippen LogP contribution in [0.25, 0.3) is 16.8 Å². The lowest BCUT2D eigenvalue weighted by Gasteiger charge is -2.33. The molecule has 6 nitrogen and oxygen atoms in total. The summed E-state index contributed by atoms with van der Waals surface area (Å²) in [7, 11) is 0. The Morgan fingerprint density at radius 3 is 2.93 bits per heavy atom. The van der Waals surface area contributed by atoms with E-state index in [0.717, 1.165) is 48.3 Å². The topological polar surface area (TPSA) is 55.2 Å². The van der Waals surface area contributed by atoms with Gasteiger partial charge in [-0.15, -0.1) is 0 Å². The van der Waals surface area contributed by atoms with E-state index in [0.29, 0.717) is 18.3 Å². The molecule has 138 valence electrons. The molecular formula is C21H23N5O. The first-order valence-corrected chi connectivity index (χ1v) is 9.28. The van der Waals surface area contributed by atoms with Crippen molar-refractivity contribution in [3.63, 3.8) is 0 Å². The predicted octanol–water partition coefficient (Wildman–Crippen LogP) is 3.01. The van der Waals surface area contributed by atoms with Crippen LogP contribution in [0.4, 0.5) is 5.82 Å². The van der Waals surface area contributed by atoms with Crippen molar-refractivity contribution in [3.8, 4) is 22.7 Å². The van der Waals surface area contributed by atoms with Crippen LogP contribution >= 0.6 is 0 Å². The third-order valence-electron chi connectivity index (χ3n) is 5.28. The Balaban J connectivity index is 1.50. The van der Waals surface area contributed by atoms with Crippen LogP contribution in [-0.2, 0) is 6.61 Å². The van der Waals surface area contributed by atoms with E-state index >= 15 is 0 Å². The van der Waals surface area contributed by atoms with E-state index in [1.165, 1.54) is 4.90 Å². The highest BCUT2D eigenvalue weighted by atomic mass is 16.5. The number of rotatable bonds is 3. The summed E-state index contributed by atoms with van der Waals surface area (Å²) >= 11 is 0. The smallest absolute Gasteiger partial charge is 0.223 e. The van der Waals surface area contributed by atoms with Crippen LogP contribution in [0.2, 0.25) is 0 Å². The molecule has 1 N–H and O–H groups in total. The first kappa shape index (κ1) is 13.3. The molecule has 1 aromatic carbocycles. The third-order valence-corrected chi connectivity index (χ3v) is 5.28. The molecule has 27 heavy (non-hydrogen) atoms. The predicted molar refractivity (Wildman–Crippen MR) is 105 cm³/mol. The number of pyridine rings is 1. The molecular weight excluding hydrogens is 338 g/mol. The molecule has 1 fully saturated rings. The summed E-state index contributed by atoms with van der Waals surface area (Å²) in [6.07, 6.45) is 5.20. The Labute approximate surface area is 163 Å². The second-order valence-electron chi connectivity index (χ2n) is 6.95.